The molecular formula is C46H51FN8O8. The van der Waals surface area contributed by atoms with Crippen LogP contribution in [0.1, 0.15) is 64.4 Å². The molecule has 4 heterocycles. The fourth-order valence-electron chi connectivity index (χ4n) is 7.26. The first-order valence-corrected chi connectivity index (χ1v) is 20.9. The number of halogens is 1. The molecule has 4 N–H and O–H groups in total. The standard InChI is InChI=1S/C46H51FN8O8/c1-46(2,3)63-45(60)51-39-24-32(30-7-6-8-31(23-30)33-27-62-28-33)25-50-41(39)43(58)49-14-20-61-19-13-48-26-40(56)54-15-17-55(18-16-54)44(59)36-21-29(11-12-37(36)47)22-38-34-9-4-5-10-35(34)42(57)53-52-38/h4-12,21,23-25,33,48H,13-20,22,26-28H2,1-3H3,(H,49,58)(H,51,60)(H,53,57). The van der Waals surface area contributed by atoms with Gasteiger partial charge in [-0.1, -0.05) is 48.5 Å². The second-order valence-corrected chi connectivity index (χ2v) is 16.4. The molecule has 330 valence electrons. The summed E-state index contributed by atoms with van der Waals surface area (Å²) >= 11 is 0. The van der Waals surface area contributed by atoms with Gasteiger partial charge >= 0.3 is 6.09 Å². The van der Waals surface area contributed by atoms with E-state index < -0.39 is 29.3 Å². The minimum Gasteiger partial charge on any atom is -0.444 e. The fourth-order valence-corrected chi connectivity index (χ4v) is 7.26. The lowest BCUT2D eigenvalue weighted by Gasteiger charge is -2.35. The number of H-pyrrole nitrogens is 1. The van der Waals surface area contributed by atoms with Crippen molar-refractivity contribution in [2.75, 3.05) is 77.6 Å². The van der Waals surface area contributed by atoms with Crippen LogP contribution in [0, 0.1) is 5.82 Å². The summed E-state index contributed by atoms with van der Waals surface area (Å²) in [6.45, 7) is 8.73. The number of nitrogens with one attached hydrogen (secondary N) is 4. The van der Waals surface area contributed by atoms with Crippen LogP contribution < -0.4 is 21.5 Å². The summed E-state index contributed by atoms with van der Waals surface area (Å²) in [7, 11) is 0. The minimum absolute atomic E-state index is 0.0193. The number of aromatic nitrogens is 3. The predicted molar refractivity (Wildman–Crippen MR) is 233 cm³/mol. The smallest absolute Gasteiger partial charge is 0.412 e. The zero-order valence-electron chi connectivity index (χ0n) is 35.5. The first-order chi connectivity index (χ1) is 30.3. The molecule has 7 rings (SSSR count). The number of hydrogen-bond donors (Lipinski definition) is 4. The number of ether oxygens (including phenoxy) is 3. The lowest BCUT2D eigenvalue weighted by Crippen LogP contribution is -2.52. The van der Waals surface area contributed by atoms with E-state index in [1.165, 1.54) is 17.0 Å². The molecule has 5 aromatic rings. The molecule has 3 aromatic carbocycles. The summed E-state index contributed by atoms with van der Waals surface area (Å²) < 4.78 is 31.4. The van der Waals surface area contributed by atoms with E-state index in [4.69, 9.17) is 14.2 Å². The van der Waals surface area contributed by atoms with Crippen LogP contribution in [0.15, 0.2) is 83.8 Å². The van der Waals surface area contributed by atoms with Crippen molar-refractivity contribution >= 4 is 40.3 Å². The molecule has 2 aliphatic heterocycles. The van der Waals surface area contributed by atoms with Crippen molar-refractivity contribution in [2.45, 2.75) is 38.7 Å². The number of carbonyl (C=O) groups is 4. The second-order valence-electron chi connectivity index (χ2n) is 16.4. The fraction of sp³-hybridized carbons (Fsp3) is 0.370. The van der Waals surface area contributed by atoms with Crippen LogP contribution in [-0.2, 0) is 25.4 Å². The van der Waals surface area contributed by atoms with Crippen molar-refractivity contribution in [2.24, 2.45) is 0 Å². The topological polar surface area (TPSA) is 197 Å². The van der Waals surface area contributed by atoms with Crippen molar-refractivity contribution in [1.29, 1.82) is 0 Å². The van der Waals surface area contributed by atoms with E-state index in [1.54, 1.807) is 62.2 Å². The van der Waals surface area contributed by atoms with Gasteiger partial charge in [0.15, 0.2) is 5.69 Å². The van der Waals surface area contributed by atoms with Crippen molar-refractivity contribution in [1.82, 2.24) is 35.6 Å². The van der Waals surface area contributed by atoms with Crippen molar-refractivity contribution in [3.63, 3.8) is 0 Å². The Bertz CT molecular complexity index is 2530. The number of piperazine rings is 1. The van der Waals surface area contributed by atoms with Crippen molar-refractivity contribution in [3.05, 3.63) is 123 Å². The Balaban J connectivity index is 0.827. The van der Waals surface area contributed by atoms with Gasteiger partial charge in [-0.05, 0) is 61.7 Å². The van der Waals surface area contributed by atoms with Gasteiger partial charge in [0.1, 0.15) is 11.4 Å². The highest BCUT2D eigenvalue weighted by Crippen LogP contribution is 2.30. The maximum atomic E-state index is 15.0. The number of aromatic amines is 1. The lowest BCUT2D eigenvalue weighted by atomic mass is 9.94. The number of fused-ring (bicyclic) bond motifs is 1. The summed E-state index contributed by atoms with van der Waals surface area (Å²) in [5.74, 6) is -1.43. The third-order valence-electron chi connectivity index (χ3n) is 10.6. The molecule has 0 aliphatic carbocycles. The molecule has 2 saturated heterocycles. The molecular weight excluding hydrogens is 812 g/mol. The van der Waals surface area contributed by atoms with Gasteiger partial charge in [-0.2, -0.15) is 5.10 Å². The van der Waals surface area contributed by atoms with Crippen molar-refractivity contribution in [3.8, 4) is 11.1 Å². The number of benzene rings is 3. The SMILES string of the molecule is CC(C)(C)OC(=O)Nc1cc(-c2cccc(C3COC3)c2)cnc1C(=O)NCCOCCNCC(=O)N1CCN(C(=O)c2cc(Cc3n[nH]c(=O)c4ccccc34)ccc2F)CC1. The zero-order chi connectivity index (χ0) is 44.5. The molecule has 2 aliphatic rings. The maximum Gasteiger partial charge on any atom is 0.412 e. The van der Waals surface area contributed by atoms with Gasteiger partial charge in [-0.15, -0.1) is 0 Å². The summed E-state index contributed by atoms with van der Waals surface area (Å²) in [5, 5.41) is 16.4. The summed E-state index contributed by atoms with van der Waals surface area (Å²) in [6.07, 6.45) is 1.16. The third kappa shape index (κ3) is 11.5. The van der Waals surface area contributed by atoms with Gasteiger partial charge in [0.2, 0.25) is 5.91 Å². The molecule has 0 saturated carbocycles. The molecule has 0 atom stereocenters. The zero-order valence-corrected chi connectivity index (χ0v) is 35.5. The van der Waals surface area contributed by atoms with E-state index in [1.807, 2.05) is 24.3 Å². The largest absolute Gasteiger partial charge is 0.444 e. The van der Waals surface area contributed by atoms with Gasteiger partial charge in [0.05, 0.1) is 55.3 Å². The Morgan fingerprint density at radius 3 is 2.38 bits per heavy atom. The van der Waals surface area contributed by atoms with Crippen LogP contribution >= 0.6 is 0 Å². The molecule has 2 aromatic heterocycles. The maximum absolute atomic E-state index is 15.0. The average molecular weight is 863 g/mol. The highest BCUT2D eigenvalue weighted by atomic mass is 19.1. The third-order valence-corrected chi connectivity index (χ3v) is 10.6. The van der Waals surface area contributed by atoms with E-state index >= 15 is 0 Å². The normalized spacial score (nSPS) is 14.3. The first kappa shape index (κ1) is 44.5. The first-order valence-electron chi connectivity index (χ1n) is 20.9. The summed E-state index contributed by atoms with van der Waals surface area (Å²) in [6, 6.07) is 21.2. The second kappa shape index (κ2) is 20.1. The number of rotatable bonds is 15. The number of pyridine rings is 1. The average Bonchev–Trinajstić information content (AvgIpc) is 3.24. The van der Waals surface area contributed by atoms with Gasteiger partial charge in [-0.3, -0.25) is 24.5 Å². The monoisotopic (exact) mass is 862 g/mol. The molecule has 0 radical (unpaired) electrons. The quantitative estimate of drug-likeness (QED) is 0.108. The van der Waals surface area contributed by atoms with Gasteiger partial charge in [0.25, 0.3) is 17.4 Å². The predicted octanol–water partition coefficient (Wildman–Crippen LogP) is 4.50. The van der Waals surface area contributed by atoms with Crippen LogP contribution in [-0.4, -0.2) is 127 Å². The number of amides is 4. The molecule has 4 amide bonds. The number of carbonyl (C=O) groups excluding carboxylic acids is 4. The molecule has 16 nitrogen and oxygen atoms in total. The van der Waals surface area contributed by atoms with Crippen molar-refractivity contribution < 1.29 is 37.8 Å². The number of nitrogens with zero attached hydrogens (tertiary/aromatic N) is 4. The molecule has 0 unspecified atom stereocenters. The Hall–Kier alpha value is -6.56. The highest BCUT2D eigenvalue weighted by Gasteiger charge is 2.27. The van der Waals surface area contributed by atoms with Crippen LogP contribution in [0.2, 0.25) is 0 Å². The minimum atomic E-state index is -0.753. The molecule has 63 heavy (non-hydrogen) atoms. The van der Waals surface area contributed by atoms with E-state index in [0.29, 0.717) is 66.4 Å². The number of anilines is 1. The molecule has 0 bridgehead atoms. The van der Waals surface area contributed by atoms with Gasteiger partial charge < -0.3 is 34.6 Å². The van der Waals surface area contributed by atoms with Crippen LogP contribution in [0.25, 0.3) is 21.9 Å². The Labute approximate surface area is 363 Å². The molecule has 2 fully saturated rings. The molecule has 17 heteroatoms. The summed E-state index contributed by atoms with van der Waals surface area (Å²) in [4.78, 5) is 72.2. The van der Waals surface area contributed by atoms with Gasteiger partial charge in [0, 0.05) is 68.8 Å². The van der Waals surface area contributed by atoms with E-state index in [2.05, 4.69) is 37.2 Å². The highest BCUT2D eigenvalue weighted by molar-refractivity contribution is 6.02. The van der Waals surface area contributed by atoms with Crippen LogP contribution in [0.4, 0.5) is 14.9 Å². The lowest BCUT2D eigenvalue weighted by molar-refractivity contribution is -0.131. The van der Waals surface area contributed by atoms with Crippen LogP contribution in [0.3, 0.4) is 0 Å². The van der Waals surface area contributed by atoms with E-state index in [9.17, 15) is 28.4 Å². The van der Waals surface area contributed by atoms with E-state index in [0.717, 1.165) is 11.1 Å². The molecule has 0 spiro atoms. The van der Waals surface area contributed by atoms with E-state index in [-0.39, 0.29) is 74.2 Å². The Morgan fingerprint density at radius 1 is 0.889 bits per heavy atom. The number of hydrogen-bond acceptors (Lipinski definition) is 11. The summed E-state index contributed by atoms with van der Waals surface area (Å²) in [5.41, 5.74) is 3.11. The Morgan fingerprint density at radius 2 is 1.63 bits per heavy atom. The van der Waals surface area contributed by atoms with Crippen LogP contribution in [0.5, 0.6) is 0 Å². The van der Waals surface area contributed by atoms with Gasteiger partial charge in [-0.25, -0.2) is 19.3 Å². The Kier molecular flexibility index (Phi) is 14.2.